The molecule has 0 aliphatic carbocycles. The lowest BCUT2D eigenvalue weighted by molar-refractivity contribution is -0.248. The van der Waals surface area contributed by atoms with Crippen LogP contribution in [0, 0.1) is 6.92 Å². The molecular formula is C24H20F3N3O2. The Morgan fingerprint density at radius 1 is 1.03 bits per heavy atom. The Bertz CT molecular complexity index is 1300. The first-order chi connectivity index (χ1) is 15.1. The molecule has 0 saturated heterocycles. The molecule has 2 N–H and O–H groups in total. The molecule has 1 heterocycles. The molecule has 1 unspecified atom stereocenters. The van der Waals surface area contributed by atoms with Crippen molar-refractivity contribution in [1.29, 1.82) is 0 Å². The van der Waals surface area contributed by atoms with Crippen molar-refractivity contribution in [3.63, 3.8) is 0 Å². The summed E-state index contributed by atoms with van der Waals surface area (Å²) in [6.07, 6.45) is -3.53. The molecule has 1 amide bonds. The number of benzene rings is 3. The number of rotatable bonds is 4. The van der Waals surface area contributed by atoms with Crippen molar-refractivity contribution >= 4 is 22.5 Å². The van der Waals surface area contributed by atoms with Crippen LogP contribution in [0.25, 0.3) is 16.6 Å². The number of amides is 1. The van der Waals surface area contributed by atoms with E-state index in [0.717, 1.165) is 11.8 Å². The Hall–Kier alpha value is -3.65. The second-order valence-corrected chi connectivity index (χ2v) is 7.53. The average molecular weight is 439 g/mol. The van der Waals surface area contributed by atoms with Gasteiger partial charge in [-0.25, -0.2) is 4.68 Å². The molecule has 1 aromatic heterocycles. The van der Waals surface area contributed by atoms with Gasteiger partial charge in [0.15, 0.2) is 0 Å². The van der Waals surface area contributed by atoms with Crippen molar-refractivity contribution in [1.82, 2.24) is 9.78 Å². The molecule has 0 saturated carbocycles. The minimum atomic E-state index is -5.02. The van der Waals surface area contributed by atoms with Crippen LogP contribution in [0.2, 0.25) is 0 Å². The van der Waals surface area contributed by atoms with Crippen molar-refractivity contribution in [2.45, 2.75) is 25.6 Å². The number of para-hydroxylation sites is 1. The molecule has 3 aromatic carbocycles. The van der Waals surface area contributed by atoms with E-state index in [4.69, 9.17) is 0 Å². The average Bonchev–Trinajstić information content (AvgIpc) is 3.18. The monoisotopic (exact) mass is 439 g/mol. The summed E-state index contributed by atoms with van der Waals surface area (Å²) >= 11 is 0. The number of fused-ring (bicyclic) bond motifs is 1. The number of nitrogens with one attached hydrogen (secondary N) is 1. The third-order valence-corrected chi connectivity index (χ3v) is 5.42. The Kier molecular flexibility index (Phi) is 5.26. The van der Waals surface area contributed by atoms with Crippen LogP contribution in [0.4, 0.5) is 18.9 Å². The van der Waals surface area contributed by atoms with Crippen molar-refractivity contribution in [2.75, 3.05) is 5.32 Å². The second kappa shape index (κ2) is 7.80. The van der Waals surface area contributed by atoms with Gasteiger partial charge in [-0.15, -0.1) is 0 Å². The maximum atomic E-state index is 14.4. The second-order valence-electron chi connectivity index (χ2n) is 7.53. The van der Waals surface area contributed by atoms with E-state index in [1.165, 1.54) is 50.4 Å². The molecule has 4 rings (SSSR count). The molecule has 0 spiro atoms. The third-order valence-electron chi connectivity index (χ3n) is 5.42. The number of aryl methyl sites for hydroxylation is 1. The fraction of sp³-hybridized carbons (Fsp3) is 0.167. The summed E-state index contributed by atoms with van der Waals surface area (Å²) in [6.45, 7) is 2.79. The van der Waals surface area contributed by atoms with E-state index < -0.39 is 23.2 Å². The zero-order chi connectivity index (χ0) is 23.1. The maximum absolute atomic E-state index is 14.4. The van der Waals surface area contributed by atoms with Crippen LogP contribution < -0.4 is 5.32 Å². The highest BCUT2D eigenvalue weighted by Gasteiger charge is 2.57. The zero-order valence-corrected chi connectivity index (χ0v) is 17.3. The summed E-state index contributed by atoms with van der Waals surface area (Å²) < 4.78 is 44.7. The summed E-state index contributed by atoms with van der Waals surface area (Å²) in [6, 6.07) is 17.2. The van der Waals surface area contributed by atoms with E-state index in [-0.39, 0.29) is 16.8 Å². The molecule has 0 aliphatic heterocycles. The van der Waals surface area contributed by atoms with Gasteiger partial charge in [-0.3, -0.25) is 4.79 Å². The van der Waals surface area contributed by atoms with Gasteiger partial charge in [-0.1, -0.05) is 36.4 Å². The summed E-state index contributed by atoms with van der Waals surface area (Å²) in [4.78, 5) is 11.4. The Morgan fingerprint density at radius 2 is 1.75 bits per heavy atom. The number of nitrogens with zero attached hydrogens (tertiary/aromatic N) is 2. The summed E-state index contributed by atoms with van der Waals surface area (Å²) in [7, 11) is 0. The fourth-order valence-electron chi connectivity index (χ4n) is 3.90. The number of carbonyl (C=O) groups is 1. The fourth-order valence-corrected chi connectivity index (χ4v) is 3.90. The number of aliphatic hydroxyl groups is 1. The predicted molar refractivity (Wildman–Crippen MR) is 116 cm³/mol. The maximum Gasteiger partial charge on any atom is 0.425 e. The molecule has 8 heteroatoms. The van der Waals surface area contributed by atoms with Gasteiger partial charge in [0.25, 0.3) is 0 Å². The molecule has 0 fully saturated rings. The van der Waals surface area contributed by atoms with Gasteiger partial charge < -0.3 is 10.4 Å². The van der Waals surface area contributed by atoms with Gasteiger partial charge in [-0.05, 0) is 48.4 Å². The highest BCUT2D eigenvalue weighted by molar-refractivity contribution is 5.89. The Labute approximate surface area is 182 Å². The highest BCUT2D eigenvalue weighted by Crippen LogP contribution is 2.46. The first-order valence-electron chi connectivity index (χ1n) is 9.83. The number of anilines is 1. The molecular weight excluding hydrogens is 419 g/mol. The highest BCUT2D eigenvalue weighted by atomic mass is 19.4. The topological polar surface area (TPSA) is 67.2 Å². The van der Waals surface area contributed by atoms with Crippen molar-refractivity contribution in [3.8, 4) is 5.69 Å². The predicted octanol–water partition coefficient (Wildman–Crippen LogP) is 5.09. The molecule has 0 bridgehead atoms. The van der Waals surface area contributed by atoms with Gasteiger partial charge in [0.1, 0.15) is 0 Å². The van der Waals surface area contributed by atoms with E-state index >= 15 is 0 Å². The Balaban J connectivity index is 1.91. The third kappa shape index (κ3) is 3.52. The van der Waals surface area contributed by atoms with Crippen molar-refractivity contribution in [2.24, 2.45) is 0 Å². The standard InChI is InChI=1S/C24H20F3N3O2/c1-15-20-14-28-30(19-9-4-3-5-10-19)22(20)12-11-21(15)23(32,24(25,26)27)17-7-6-8-18(13-17)29-16(2)31/h3-14,32H,1-2H3,(H,29,31). The van der Waals surface area contributed by atoms with E-state index in [1.807, 2.05) is 30.3 Å². The van der Waals surface area contributed by atoms with Crippen LogP contribution in [-0.2, 0) is 10.4 Å². The van der Waals surface area contributed by atoms with Gasteiger partial charge in [-0.2, -0.15) is 18.3 Å². The largest absolute Gasteiger partial charge is 0.425 e. The van der Waals surface area contributed by atoms with Crippen LogP contribution in [0.5, 0.6) is 0 Å². The van der Waals surface area contributed by atoms with Gasteiger partial charge in [0, 0.05) is 23.6 Å². The lowest BCUT2D eigenvalue weighted by atomic mass is 9.82. The van der Waals surface area contributed by atoms with Crippen LogP contribution >= 0.6 is 0 Å². The summed E-state index contributed by atoms with van der Waals surface area (Å²) in [5.41, 5.74) is -2.17. The number of carbonyl (C=O) groups excluding carboxylic acids is 1. The number of hydrogen-bond donors (Lipinski definition) is 2. The van der Waals surface area contributed by atoms with E-state index in [2.05, 4.69) is 10.4 Å². The number of halogens is 3. The van der Waals surface area contributed by atoms with Crippen molar-refractivity contribution in [3.05, 3.63) is 89.6 Å². The molecule has 32 heavy (non-hydrogen) atoms. The van der Waals surface area contributed by atoms with Crippen LogP contribution in [0.3, 0.4) is 0 Å². The smallest absolute Gasteiger partial charge is 0.372 e. The molecule has 4 aromatic rings. The van der Waals surface area contributed by atoms with E-state index in [9.17, 15) is 23.1 Å². The van der Waals surface area contributed by atoms with Crippen LogP contribution in [0.15, 0.2) is 72.9 Å². The molecule has 1 atom stereocenters. The molecule has 164 valence electrons. The first kappa shape index (κ1) is 21.6. The molecule has 0 radical (unpaired) electrons. The Morgan fingerprint density at radius 3 is 2.41 bits per heavy atom. The molecule has 5 nitrogen and oxygen atoms in total. The summed E-state index contributed by atoms with van der Waals surface area (Å²) in [5.74, 6) is -0.427. The van der Waals surface area contributed by atoms with Gasteiger partial charge >= 0.3 is 6.18 Å². The quantitative estimate of drug-likeness (QED) is 0.466. The minimum Gasteiger partial charge on any atom is -0.372 e. The molecule has 0 aliphatic rings. The first-order valence-corrected chi connectivity index (χ1v) is 9.83. The number of aromatic nitrogens is 2. The van der Waals surface area contributed by atoms with Crippen molar-refractivity contribution < 1.29 is 23.1 Å². The van der Waals surface area contributed by atoms with Crippen LogP contribution in [-0.4, -0.2) is 27.0 Å². The number of alkyl halides is 3. The minimum absolute atomic E-state index is 0.160. The lowest BCUT2D eigenvalue weighted by Crippen LogP contribution is -2.44. The number of hydrogen-bond acceptors (Lipinski definition) is 3. The lowest BCUT2D eigenvalue weighted by Gasteiger charge is -2.33. The van der Waals surface area contributed by atoms with E-state index in [0.29, 0.717) is 10.9 Å². The van der Waals surface area contributed by atoms with E-state index in [1.54, 1.807) is 4.68 Å². The normalized spacial score (nSPS) is 13.7. The zero-order valence-electron chi connectivity index (χ0n) is 17.3. The van der Waals surface area contributed by atoms with Gasteiger partial charge in [0.05, 0.1) is 17.4 Å². The summed E-state index contributed by atoms with van der Waals surface area (Å²) in [5, 5.41) is 18.4. The SMILES string of the molecule is CC(=O)Nc1cccc(C(O)(c2ccc3c(cnn3-c3ccccc3)c2C)C(F)(F)F)c1. The van der Waals surface area contributed by atoms with Gasteiger partial charge in [0.2, 0.25) is 11.5 Å². The van der Waals surface area contributed by atoms with Crippen LogP contribution in [0.1, 0.15) is 23.6 Å².